The second-order valence-electron chi connectivity index (χ2n) is 14.7. The number of rotatable bonds is 10. The summed E-state index contributed by atoms with van der Waals surface area (Å²) in [5, 5.41) is 23.1. The molecule has 2 amide bonds. The first-order valence-corrected chi connectivity index (χ1v) is 17.0. The molecule has 3 saturated heterocycles. The Kier molecular flexibility index (Phi) is 11.0. The summed E-state index contributed by atoms with van der Waals surface area (Å²) >= 11 is 0. The van der Waals surface area contributed by atoms with E-state index in [2.05, 4.69) is 31.2 Å². The van der Waals surface area contributed by atoms with Crippen LogP contribution in [0.1, 0.15) is 77.1 Å². The lowest BCUT2D eigenvalue weighted by atomic mass is 9.72. The van der Waals surface area contributed by atoms with Gasteiger partial charge in [-0.25, -0.2) is 19.2 Å². The molecule has 1 spiro atoms. The summed E-state index contributed by atoms with van der Waals surface area (Å²) in [5.74, 6) is -1.12. The summed E-state index contributed by atoms with van der Waals surface area (Å²) in [4.78, 5) is 40.2. The first-order chi connectivity index (χ1) is 23.2. The standard InChI is InChI=1S/C35H48FN7O6/c1-24(2)43(14-6-13-37)31(44)27-17-25(36)7-8-28(27)48-29-18-38-23-39-30(29)42-20-34(21-42)11-15-41(16-12-34)22-35(46)10-9-26(19-47-35)40-32(45)49-33(3,4)5/h7-8,17-18,23-24,26,46H,6,9-12,14-16,19-22H2,1-5H3,(H,40,45)/t26-,35-/m1/s1. The number of ether oxygens (including phenoxy) is 3. The number of anilines is 1. The maximum absolute atomic E-state index is 14.4. The van der Waals surface area contributed by atoms with Crippen LogP contribution in [0.4, 0.5) is 15.0 Å². The van der Waals surface area contributed by atoms with Gasteiger partial charge in [-0.15, -0.1) is 0 Å². The van der Waals surface area contributed by atoms with E-state index >= 15 is 0 Å². The molecule has 1 aromatic heterocycles. The topological polar surface area (TPSA) is 153 Å². The summed E-state index contributed by atoms with van der Waals surface area (Å²) in [6.07, 6.45) is 5.55. The number of nitriles is 1. The number of hydrogen-bond acceptors (Lipinski definition) is 11. The number of likely N-dealkylation sites (tertiary alicyclic amines) is 1. The number of aliphatic hydroxyl groups is 1. The second-order valence-corrected chi connectivity index (χ2v) is 14.7. The van der Waals surface area contributed by atoms with Crippen LogP contribution in [0, 0.1) is 22.6 Å². The monoisotopic (exact) mass is 681 g/mol. The Hall–Kier alpha value is -4.06. The third-order valence-electron chi connectivity index (χ3n) is 9.30. The number of hydrogen-bond donors (Lipinski definition) is 2. The average molecular weight is 682 g/mol. The fourth-order valence-corrected chi connectivity index (χ4v) is 6.70. The largest absolute Gasteiger partial charge is 0.451 e. The Bertz CT molecular complexity index is 1520. The minimum Gasteiger partial charge on any atom is -0.451 e. The molecule has 0 radical (unpaired) electrons. The van der Waals surface area contributed by atoms with Gasteiger partial charge < -0.3 is 34.4 Å². The van der Waals surface area contributed by atoms with Crippen molar-refractivity contribution in [3.8, 4) is 17.6 Å². The van der Waals surface area contributed by atoms with E-state index in [0.29, 0.717) is 31.0 Å². The molecule has 2 atom stereocenters. The van der Waals surface area contributed by atoms with Crippen molar-refractivity contribution in [1.29, 1.82) is 5.26 Å². The molecule has 2 aromatic rings. The lowest BCUT2D eigenvalue weighted by Crippen LogP contribution is -2.62. The number of alkyl carbamates (subject to hydrolysis) is 1. The molecule has 4 heterocycles. The van der Waals surface area contributed by atoms with Gasteiger partial charge in [0.1, 0.15) is 23.5 Å². The smallest absolute Gasteiger partial charge is 0.407 e. The van der Waals surface area contributed by atoms with Crippen LogP contribution in [0.15, 0.2) is 30.7 Å². The molecule has 3 aliphatic rings. The molecule has 13 nitrogen and oxygen atoms in total. The molecule has 266 valence electrons. The van der Waals surface area contributed by atoms with Crippen molar-refractivity contribution in [2.75, 3.05) is 50.8 Å². The third kappa shape index (κ3) is 9.14. The second kappa shape index (κ2) is 14.8. The van der Waals surface area contributed by atoms with E-state index < -0.39 is 29.2 Å². The fraction of sp³-hybridized carbons (Fsp3) is 0.629. The van der Waals surface area contributed by atoms with E-state index in [9.17, 15) is 19.1 Å². The Morgan fingerprint density at radius 1 is 1.22 bits per heavy atom. The number of nitrogens with one attached hydrogen (secondary N) is 1. The highest BCUT2D eigenvalue weighted by Crippen LogP contribution is 2.45. The van der Waals surface area contributed by atoms with E-state index in [0.717, 1.165) is 45.1 Å². The van der Waals surface area contributed by atoms with Crippen molar-refractivity contribution in [3.05, 3.63) is 42.1 Å². The Morgan fingerprint density at radius 3 is 2.59 bits per heavy atom. The molecule has 0 saturated carbocycles. The number of benzene rings is 1. The minimum atomic E-state index is -1.27. The van der Waals surface area contributed by atoms with Crippen LogP contribution < -0.4 is 15.0 Å². The van der Waals surface area contributed by atoms with Crippen LogP contribution in [0.25, 0.3) is 0 Å². The van der Waals surface area contributed by atoms with Gasteiger partial charge in [0.05, 0.1) is 43.4 Å². The molecule has 0 aliphatic carbocycles. The normalized spacial score (nSPS) is 22.3. The van der Waals surface area contributed by atoms with E-state index in [1.54, 1.807) is 6.20 Å². The van der Waals surface area contributed by atoms with Gasteiger partial charge >= 0.3 is 6.09 Å². The van der Waals surface area contributed by atoms with Crippen molar-refractivity contribution < 1.29 is 33.3 Å². The Labute approximate surface area is 287 Å². The number of carbonyl (C=O) groups excluding carboxylic acids is 2. The van der Waals surface area contributed by atoms with Crippen molar-refractivity contribution in [2.45, 2.75) is 90.2 Å². The summed E-state index contributed by atoms with van der Waals surface area (Å²) in [6, 6.07) is 5.47. The average Bonchev–Trinajstić information content (AvgIpc) is 3.02. The van der Waals surface area contributed by atoms with Crippen molar-refractivity contribution in [1.82, 2.24) is 25.1 Å². The van der Waals surface area contributed by atoms with Gasteiger partial charge in [-0.05, 0) is 85.2 Å². The number of aromatic nitrogens is 2. The zero-order valence-corrected chi connectivity index (χ0v) is 29.1. The molecule has 1 aromatic carbocycles. The van der Waals surface area contributed by atoms with E-state index in [4.69, 9.17) is 19.5 Å². The predicted molar refractivity (Wildman–Crippen MR) is 179 cm³/mol. The third-order valence-corrected chi connectivity index (χ3v) is 9.30. The van der Waals surface area contributed by atoms with Crippen LogP contribution in [0.2, 0.25) is 0 Å². The van der Waals surface area contributed by atoms with Crippen LogP contribution in [-0.2, 0) is 9.47 Å². The van der Waals surface area contributed by atoms with Crippen LogP contribution in [0.5, 0.6) is 11.5 Å². The lowest BCUT2D eigenvalue weighted by molar-refractivity contribution is -0.240. The molecule has 3 fully saturated rings. The van der Waals surface area contributed by atoms with Gasteiger partial charge in [-0.3, -0.25) is 9.69 Å². The first-order valence-electron chi connectivity index (χ1n) is 17.0. The highest BCUT2D eigenvalue weighted by molar-refractivity contribution is 5.97. The summed E-state index contributed by atoms with van der Waals surface area (Å²) in [6.45, 7) is 13.1. The van der Waals surface area contributed by atoms with Crippen LogP contribution in [0.3, 0.4) is 0 Å². The van der Waals surface area contributed by atoms with Crippen molar-refractivity contribution in [3.63, 3.8) is 0 Å². The lowest BCUT2D eigenvalue weighted by Gasteiger charge is -2.55. The minimum absolute atomic E-state index is 0.0623. The van der Waals surface area contributed by atoms with E-state index in [1.807, 2.05) is 34.6 Å². The summed E-state index contributed by atoms with van der Waals surface area (Å²) < 4.78 is 31.8. The number of amides is 2. The fourth-order valence-electron chi connectivity index (χ4n) is 6.70. The molecule has 3 aliphatic heterocycles. The van der Waals surface area contributed by atoms with Crippen LogP contribution in [-0.4, -0.2) is 106 Å². The summed E-state index contributed by atoms with van der Waals surface area (Å²) in [5.41, 5.74) is -0.431. The highest BCUT2D eigenvalue weighted by atomic mass is 19.1. The van der Waals surface area contributed by atoms with E-state index in [-0.39, 0.29) is 48.4 Å². The van der Waals surface area contributed by atoms with Crippen molar-refractivity contribution >= 4 is 17.8 Å². The Balaban J connectivity index is 1.15. The van der Waals surface area contributed by atoms with Gasteiger partial charge in [-0.1, -0.05) is 0 Å². The maximum Gasteiger partial charge on any atom is 0.407 e. The van der Waals surface area contributed by atoms with Gasteiger partial charge in [0, 0.05) is 37.5 Å². The molecule has 2 N–H and O–H groups in total. The van der Waals surface area contributed by atoms with Gasteiger partial charge in [0.25, 0.3) is 5.91 Å². The van der Waals surface area contributed by atoms with E-state index in [1.165, 1.54) is 23.4 Å². The molecule has 0 unspecified atom stereocenters. The quantitative estimate of drug-likeness (QED) is 0.365. The molecule has 49 heavy (non-hydrogen) atoms. The van der Waals surface area contributed by atoms with Gasteiger partial charge in [-0.2, -0.15) is 5.26 Å². The van der Waals surface area contributed by atoms with Gasteiger partial charge in [0.15, 0.2) is 17.4 Å². The highest BCUT2D eigenvalue weighted by Gasteiger charge is 2.47. The number of halogens is 1. The molecule has 14 heteroatoms. The number of piperidine rings is 1. The number of carbonyl (C=O) groups is 2. The molecular weight excluding hydrogens is 633 g/mol. The first kappa shape index (κ1) is 36.2. The molecular formula is C35H48FN7O6. The van der Waals surface area contributed by atoms with Crippen LogP contribution >= 0.6 is 0 Å². The maximum atomic E-state index is 14.4. The van der Waals surface area contributed by atoms with Crippen molar-refractivity contribution in [2.24, 2.45) is 5.41 Å². The number of β-amino-alcohol motifs (C(OH)–C–C–N with tert-alkyl or cyclic N) is 1. The summed E-state index contributed by atoms with van der Waals surface area (Å²) in [7, 11) is 0. The predicted octanol–water partition coefficient (Wildman–Crippen LogP) is 4.47. The zero-order valence-electron chi connectivity index (χ0n) is 29.1. The number of nitrogens with zero attached hydrogens (tertiary/aromatic N) is 6. The Morgan fingerprint density at radius 2 is 1.96 bits per heavy atom. The molecule has 0 bridgehead atoms. The SMILES string of the molecule is CC(C)N(CCC#N)C(=O)c1cc(F)ccc1Oc1cncnc1N1CC2(CCN(C[C@@]3(O)CC[C@@H](NC(=O)OC(C)(C)C)CO3)CC2)C1. The molecule has 5 rings (SSSR count). The van der Waals surface area contributed by atoms with Gasteiger partial charge in [0.2, 0.25) is 0 Å². The zero-order chi connectivity index (χ0) is 35.4.